The molecule has 0 saturated carbocycles. The molecule has 0 spiro atoms. The molecule has 1 atom stereocenters. The molecule has 2 aromatic carbocycles. The van der Waals surface area contributed by atoms with Crippen molar-refractivity contribution in [1.82, 2.24) is 14.5 Å². The molecule has 1 fully saturated rings. The Morgan fingerprint density at radius 1 is 1.00 bits per heavy atom. The van der Waals surface area contributed by atoms with Gasteiger partial charge in [-0.25, -0.2) is 13.2 Å². The highest BCUT2D eigenvalue weighted by molar-refractivity contribution is 7.89. The molecule has 11 heteroatoms. The number of aliphatic hydroxyl groups is 1. The van der Waals surface area contributed by atoms with Crippen LogP contribution in [0.5, 0.6) is 0 Å². The second kappa shape index (κ2) is 11.5. The first kappa shape index (κ1) is 25.0. The van der Waals surface area contributed by atoms with Crippen molar-refractivity contribution in [2.24, 2.45) is 0 Å². The van der Waals surface area contributed by atoms with Crippen molar-refractivity contribution in [3.05, 3.63) is 65.2 Å². The molecular formula is C22H26ClN3O6S. The normalized spacial score (nSPS) is 15.6. The van der Waals surface area contributed by atoms with Crippen molar-refractivity contribution >= 4 is 33.6 Å². The van der Waals surface area contributed by atoms with E-state index in [-0.39, 0.29) is 24.6 Å². The lowest BCUT2D eigenvalue weighted by Crippen LogP contribution is -2.51. The maximum atomic E-state index is 12.9. The summed E-state index contributed by atoms with van der Waals surface area (Å²) in [7, 11) is -4.04. The lowest BCUT2D eigenvalue weighted by atomic mass is 10.2. The molecule has 1 aliphatic heterocycles. The largest absolute Gasteiger partial charge is 0.445 e. The van der Waals surface area contributed by atoms with E-state index >= 15 is 0 Å². The third kappa shape index (κ3) is 6.91. The van der Waals surface area contributed by atoms with E-state index in [4.69, 9.17) is 16.3 Å². The van der Waals surface area contributed by atoms with Gasteiger partial charge in [-0.1, -0.05) is 41.9 Å². The number of carbonyl (C=O) groups excluding carboxylic acids is 2. The van der Waals surface area contributed by atoms with Gasteiger partial charge in [0.05, 0.1) is 11.5 Å². The molecule has 178 valence electrons. The maximum absolute atomic E-state index is 12.9. The van der Waals surface area contributed by atoms with Gasteiger partial charge < -0.3 is 19.6 Å². The number of hydrogen-bond donors (Lipinski definition) is 2. The van der Waals surface area contributed by atoms with Crippen molar-refractivity contribution in [3.63, 3.8) is 0 Å². The van der Waals surface area contributed by atoms with Crippen LogP contribution >= 0.6 is 11.6 Å². The van der Waals surface area contributed by atoms with Crippen molar-refractivity contribution in [2.45, 2.75) is 24.0 Å². The van der Waals surface area contributed by atoms with Gasteiger partial charge in [-0.2, -0.15) is 4.72 Å². The van der Waals surface area contributed by atoms with Gasteiger partial charge in [0.2, 0.25) is 15.9 Å². The third-order valence-corrected chi connectivity index (χ3v) is 6.91. The van der Waals surface area contributed by atoms with Crippen molar-refractivity contribution in [2.75, 3.05) is 32.8 Å². The number of carbonyl (C=O) groups is 2. The summed E-state index contributed by atoms with van der Waals surface area (Å²) in [6.45, 7) is 0.598. The van der Waals surface area contributed by atoms with Gasteiger partial charge in [0.1, 0.15) is 12.6 Å². The fraction of sp³-hybridized carbons (Fsp3) is 0.364. The number of sulfonamides is 1. The number of nitrogens with one attached hydrogen (secondary N) is 1. The van der Waals surface area contributed by atoms with Crippen LogP contribution in [0.1, 0.15) is 12.0 Å². The third-order valence-electron chi connectivity index (χ3n) is 5.17. The minimum Gasteiger partial charge on any atom is -0.445 e. The second-order valence-corrected chi connectivity index (χ2v) is 9.67. The predicted octanol–water partition coefficient (Wildman–Crippen LogP) is 1.85. The molecule has 1 heterocycles. The molecule has 0 radical (unpaired) electrons. The average Bonchev–Trinajstić information content (AvgIpc) is 3.08. The van der Waals surface area contributed by atoms with E-state index in [0.29, 0.717) is 24.5 Å². The highest BCUT2D eigenvalue weighted by atomic mass is 35.5. The van der Waals surface area contributed by atoms with Crippen LogP contribution in [0.25, 0.3) is 0 Å². The van der Waals surface area contributed by atoms with Crippen LogP contribution in [0, 0.1) is 0 Å². The smallest absolute Gasteiger partial charge is 0.410 e. The summed E-state index contributed by atoms with van der Waals surface area (Å²) in [6.07, 6.45) is 0.0177. The fourth-order valence-corrected chi connectivity index (χ4v) is 4.69. The molecule has 0 aliphatic carbocycles. The minimum absolute atomic E-state index is 0.0682. The lowest BCUT2D eigenvalue weighted by Gasteiger charge is -2.26. The van der Waals surface area contributed by atoms with Crippen LogP contribution in [0.3, 0.4) is 0 Å². The summed E-state index contributed by atoms with van der Waals surface area (Å²) in [5.41, 5.74) is 0.872. The van der Waals surface area contributed by atoms with Crippen molar-refractivity contribution in [1.29, 1.82) is 0 Å². The predicted molar refractivity (Wildman–Crippen MR) is 122 cm³/mol. The van der Waals surface area contributed by atoms with Crippen LogP contribution in [0.15, 0.2) is 59.5 Å². The highest BCUT2D eigenvalue weighted by Crippen LogP contribution is 2.15. The first-order valence-corrected chi connectivity index (χ1v) is 12.3. The Kier molecular flexibility index (Phi) is 8.67. The van der Waals surface area contributed by atoms with Gasteiger partial charge in [-0.3, -0.25) is 4.79 Å². The van der Waals surface area contributed by atoms with Crippen molar-refractivity contribution < 1.29 is 27.9 Å². The molecule has 1 unspecified atom stereocenters. The molecule has 3 rings (SSSR count). The van der Waals surface area contributed by atoms with Crippen LogP contribution < -0.4 is 4.72 Å². The second-order valence-electron chi connectivity index (χ2n) is 7.52. The summed E-state index contributed by atoms with van der Waals surface area (Å²) in [5.74, 6) is -0.561. The molecule has 2 amide bonds. The molecule has 0 bridgehead atoms. The maximum Gasteiger partial charge on any atom is 0.410 e. The number of nitrogens with zero attached hydrogens (tertiary/aromatic N) is 2. The fourth-order valence-electron chi connectivity index (χ4n) is 3.39. The van der Waals surface area contributed by atoms with Crippen molar-refractivity contribution in [3.8, 4) is 0 Å². The summed E-state index contributed by atoms with van der Waals surface area (Å²) >= 11 is 5.79. The highest BCUT2D eigenvalue weighted by Gasteiger charge is 2.30. The van der Waals surface area contributed by atoms with Gasteiger partial charge in [-0.05, 0) is 36.2 Å². The van der Waals surface area contributed by atoms with Crippen LogP contribution in [-0.4, -0.2) is 74.2 Å². The Morgan fingerprint density at radius 3 is 2.30 bits per heavy atom. The molecule has 1 aliphatic rings. The monoisotopic (exact) mass is 495 g/mol. The molecule has 0 aromatic heterocycles. The van der Waals surface area contributed by atoms with Gasteiger partial charge in [0, 0.05) is 31.2 Å². The zero-order chi connectivity index (χ0) is 23.8. The zero-order valence-corrected chi connectivity index (χ0v) is 19.5. The molecule has 1 saturated heterocycles. The number of amides is 2. The Balaban J connectivity index is 1.57. The lowest BCUT2D eigenvalue weighted by molar-refractivity contribution is -0.133. The van der Waals surface area contributed by atoms with Gasteiger partial charge in [0.15, 0.2) is 0 Å². The number of hydrogen-bond acceptors (Lipinski definition) is 6. The summed E-state index contributed by atoms with van der Waals surface area (Å²) in [4.78, 5) is 28.2. The standard InChI is InChI=1S/C22H26ClN3O6S/c23-18-7-9-19(10-8-18)33(30,31)24-20(15-27)21(28)25-11-4-12-26(14-13-25)22(29)32-16-17-5-2-1-3-6-17/h1-3,5-10,20,24,27H,4,11-16H2. The average molecular weight is 496 g/mol. The number of rotatable bonds is 7. The van der Waals surface area contributed by atoms with Gasteiger partial charge in [-0.15, -0.1) is 0 Å². The van der Waals surface area contributed by atoms with E-state index in [0.717, 1.165) is 5.56 Å². The van der Waals surface area contributed by atoms with E-state index in [1.807, 2.05) is 30.3 Å². The zero-order valence-electron chi connectivity index (χ0n) is 17.9. The Morgan fingerprint density at radius 2 is 1.64 bits per heavy atom. The number of benzene rings is 2. The van der Waals surface area contributed by atoms with Gasteiger partial charge >= 0.3 is 6.09 Å². The summed E-state index contributed by atoms with van der Waals surface area (Å²) in [6, 6.07) is 13.4. The molecule has 2 N–H and O–H groups in total. The topological polar surface area (TPSA) is 116 Å². The van der Waals surface area contributed by atoms with E-state index < -0.39 is 34.7 Å². The van der Waals surface area contributed by atoms with E-state index in [2.05, 4.69) is 4.72 Å². The van der Waals surface area contributed by atoms with Gasteiger partial charge in [0.25, 0.3) is 0 Å². The van der Waals surface area contributed by atoms with E-state index in [1.165, 1.54) is 34.1 Å². The van der Waals surface area contributed by atoms with E-state index in [1.54, 1.807) is 0 Å². The quantitative estimate of drug-likeness (QED) is 0.605. The Labute approximate surface area is 197 Å². The number of halogens is 1. The van der Waals surface area contributed by atoms with Crippen LogP contribution in [-0.2, 0) is 26.2 Å². The summed E-state index contributed by atoms with van der Waals surface area (Å²) < 4.78 is 32.8. The molecular weight excluding hydrogens is 470 g/mol. The van der Waals surface area contributed by atoms with E-state index in [9.17, 15) is 23.1 Å². The molecule has 9 nitrogen and oxygen atoms in total. The Bertz CT molecular complexity index is 1050. The van der Waals surface area contributed by atoms with Crippen LogP contribution in [0.2, 0.25) is 5.02 Å². The minimum atomic E-state index is -4.04. The first-order valence-electron chi connectivity index (χ1n) is 10.4. The molecule has 33 heavy (non-hydrogen) atoms. The number of aliphatic hydroxyl groups excluding tert-OH is 1. The summed E-state index contributed by atoms with van der Waals surface area (Å²) in [5, 5.41) is 10.1. The molecule has 2 aromatic rings. The number of ether oxygens (including phenoxy) is 1. The SMILES string of the molecule is O=C(OCc1ccccc1)N1CCCN(C(=O)C(CO)NS(=O)(=O)c2ccc(Cl)cc2)CC1. The first-order chi connectivity index (χ1) is 15.8. The Hall–Kier alpha value is -2.66. The van der Waals surface area contributed by atoms with Crippen LogP contribution in [0.4, 0.5) is 4.79 Å².